The molecule has 0 aliphatic rings. The highest BCUT2D eigenvalue weighted by atomic mass is 16.5. The number of benzene rings is 2. The van der Waals surface area contributed by atoms with Crippen LogP contribution in [-0.4, -0.2) is 14.2 Å². The molecule has 0 radical (unpaired) electrons. The normalized spacial score (nSPS) is 10.0. The quantitative estimate of drug-likeness (QED) is 0.810. The molecule has 0 atom stereocenters. The van der Waals surface area contributed by atoms with Crippen molar-refractivity contribution >= 4 is 11.4 Å². The summed E-state index contributed by atoms with van der Waals surface area (Å²) in [5.41, 5.74) is 8.58. The van der Waals surface area contributed by atoms with E-state index in [0.29, 0.717) is 12.2 Å². The summed E-state index contributed by atoms with van der Waals surface area (Å²) < 4.78 is 10.4. The van der Waals surface area contributed by atoms with Crippen LogP contribution in [0.1, 0.15) is 5.56 Å². The second-order valence-corrected chi connectivity index (χ2v) is 4.12. The van der Waals surface area contributed by atoms with Crippen LogP contribution in [0.15, 0.2) is 42.5 Å². The number of rotatable bonds is 5. The summed E-state index contributed by atoms with van der Waals surface area (Å²) in [6, 6.07) is 13.5. The number of hydrogen-bond donors (Lipinski definition) is 2. The lowest BCUT2D eigenvalue weighted by Crippen LogP contribution is -2.04. The molecule has 0 saturated carbocycles. The minimum atomic E-state index is 0.653. The Hall–Kier alpha value is -2.36. The minimum Gasteiger partial charge on any atom is -0.497 e. The van der Waals surface area contributed by atoms with Gasteiger partial charge in [0.15, 0.2) is 0 Å². The lowest BCUT2D eigenvalue weighted by Gasteiger charge is -2.12. The van der Waals surface area contributed by atoms with E-state index in [0.717, 1.165) is 22.7 Å². The topological polar surface area (TPSA) is 56.5 Å². The van der Waals surface area contributed by atoms with Gasteiger partial charge in [0.25, 0.3) is 0 Å². The van der Waals surface area contributed by atoms with Crippen LogP contribution < -0.4 is 20.5 Å². The van der Waals surface area contributed by atoms with Crippen molar-refractivity contribution in [3.63, 3.8) is 0 Å². The summed E-state index contributed by atoms with van der Waals surface area (Å²) >= 11 is 0. The van der Waals surface area contributed by atoms with Crippen LogP contribution >= 0.6 is 0 Å². The number of ether oxygens (including phenoxy) is 2. The van der Waals surface area contributed by atoms with Gasteiger partial charge in [-0.3, -0.25) is 0 Å². The Morgan fingerprint density at radius 2 is 1.84 bits per heavy atom. The molecule has 4 heteroatoms. The minimum absolute atomic E-state index is 0.653. The highest BCUT2D eigenvalue weighted by Crippen LogP contribution is 2.25. The summed E-state index contributed by atoms with van der Waals surface area (Å²) in [5.74, 6) is 1.61. The second kappa shape index (κ2) is 6.00. The van der Waals surface area contributed by atoms with Gasteiger partial charge in [-0.1, -0.05) is 18.2 Å². The third-order valence-corrected chi connectivity index (χ3v) is 2.92. The summed E-state index contributed by atoms with van der Waals surface area (Å²) in [5, 5.41) is 3.29. The molecule has 3 N–H and O–H groups in total. The van der Waals surface area contributed by atoms with Crippen molar-refractivity contribution in [2.75, 3.05) is 25.3 Å². The molecule has 2 rings (SSSR count). The molecule has 0 amide bonds. The van der Waals surface area contributed by atoms with Crippen LogP contribution in [0.3, 0.4) is 0 Å². The lowest BCUT2D eigenvalue weighted by atomic mass is 10.2. The zero-order valence-corrected chi connectivity index (χ0v) is 11.1. The zero-order valence-electron chi connectivity index (χ0n) is 11.1. The zero-order chi connectivity index (χ0) is 13.7. The fourth-order valence-electron chi connectivity index (χ4n) is 1.87. The number of nitrogens with two attached hydrogens (primary N) is 1. The van der Waals surface area contributed by atoms with Crippen molar-refractivity contribution in [1.29, 1.82) is 0 Å². The Morgan fingerprint density at radius 3 is 2.53 bits per heavy atom. The van der Waals surface area contributed by atoms with Gasteiger partial charge in [0.05, 0.1) is 25.6 Å². The number of nitrogen functional groups attached to an aromatic ring is 1. The number of nitrogens with one attached hydrogen (secondary N) is 1. The maximum Gasteiger partial charge on any atom is 0.123 e. The van der Waals surface area contributed by atoms with E-state index in [4.69, 9.17) is 15.2 Å². The molecule has 0 fully saturated rings. The van der Waals surface area contributed by atoms with Crippen molar-refractivity contribution in [3.05, 3.63) is 48.0 Å². The first-order valence-corrected chi connectivity index (χ1v) is 6.04. The first-order valence-electron chi connectivity index (χ1n) is 6.04. The first-order chi connectivity index (χ1) is 9.24. The molecule has 0 spiro atoms. The highest BCUT2D eigenvalue weighted by molar-refractivity contribution is 5.68. The number of methoxy groups -OCH3 is 2. The van der Waals surface area contributed by atoms with E-state index in [2.05, 4.69) is 5.32 Å². The summed E-state index contributed by atoms with van der Waals surface area (Å²) in [7, 11) is 3.29. The van der Waals surface area contributed by atoms with E-state index in [1.54, 1.807) is 20.3 Å². The van der Waals surface area contributed by atoms with Gasteiger partial charge in [-0.05, 0) is 18.2 Å². The fourth-order valence-corrected chi connectivity index (χ4v) is 1.87. The predicted octanol–water partition coefficient (Wildman–Crippen LogP) is 2.90. The molecule has 0 aliphatic carbocycles. The van der Waals surface area contributed by atoms with Gasteiger partial charge in [-0.25, -0.2) is 0 Å². The van der Waals surface area contributed by atoms with E-state index >= 15 is 0 Å². The molecule has 0 heterocycles. The van der Waals surface area contributed by atoms with E-state index in [1.165, 1.54) is 0 Å². The molecule has 100 valence electrons. The Labute approximate surface area is 113 Å². The van der Waals surface area contributed by atoms with E-state index in [9.17, 15) is 0 Å². The van der Waals surface area contributed by atoms with Gasteiger partial charge in [-0.2, -0.15) is 0 Å². The lowest BCUT2D eigenvalue weighted by molar-refractivity contribution is 0.410. The first kappa shape index (κ1) is 13.1. The van der Waals surface area contributed by atoms with Gasteiger partial charge < -0.3 is 20.5 Å². The van der Waals surface area contributed by atoms with Crippen LogP contribution in [0, 0.1) is 0 Å². The molecule has 0 aliphatic heterocycles. The number of anilines is 2. The Kier molecular flexibility index (Phi) is 4.13. The largest absolute Gasteiger partial charge is 0.497 e. The molecular formula is C15H18N2O2. The van der Waals surface area contributed by atoms with E-state index < -0.39 is 0 Å². The average Bonchev–Trinajstić information content (AvgIpc) is 2.46. The average molecular weight is 258 g/mol. The molecule has 0 aromatic heterocycles. The SMILES string of the molecule is COc1ccc(NCc2ccccc2OC)c(N)c1. The highest BCUT2D eigenvalue weighted by Gasteiger charge is 2.04. The Bertz CT molecular complexity index is 556. The second-order valence-electron chi connectivity index (χ2n) is 4.12. The van der Waals surface area contributed by atoms with Crippen LogP contribution in [0.2, 0.25) is 0 Å². The van der Waals surface area contributed by atoms with Gasteiger partial charge >= 0.3 is 0 Å². The molecule has 19 heavy (non-hydrogen) atoms. The van der Waals surface area contributed by atoms with Crippen LogP contribution in [0.5, 0.6) is 11.5 Å². The van der Waals surface area contributed by atoms with Crippen LogP contribution in [-0.2, 0) is 6.54 Å². The third kappa shape index (κ3) is 3.10. The molecule has 0 saturated heterocycles. The van der Waals surface area contributed by atoms with Crippen molar-refractivity contribution < 1.29 is 9.47 Å². The Morgan fingerprint density at radius 1 is 1.05 bits per heavy atom. The van der Waals surface area contributed by atoms with Gasteiger partial charge in [0.2, 0.25) is 0 Å². The smallest absolute Gasteiger partial charge is 0.123 e. The molecule has 4 nitrogen and oxygen atoms in total. The van der Waals surface area contributed by atoms with Gasteiger partial charge in [-0.15, -0.1) is 0 Å². The summed E-state index contributed by atoms with van der Waals surface area (Å²) in [4.78, 5) is 0. The Balaban J connectivity index is 2.10. The van der Waals surface area contributed by atoms with Crippen molar-refractivity contribution in [2.45, 2.75) is 6.54 Å². The van der Waals surface area contributed by atoms with Crippen molar-refractivity contribution in [1.82, 2.24) is 0 Å². The predicted molar refractivity (Wildman–Crippen MR) is 77.7 cm³/mol. The van der Waals surface area contributed by atoms with E-state index in [1.807, 2.05) is 36.4 Å². The maximum absolute atomic E-state index is 5.96. The van der Waals surface area contributed by atoms with Crippen molar-refractivity contribution in [3.8, 4) is 11.5 Å². The molecule has 2 aromatic carbocycles. The fraction of sp³-hybridized carbons (Fsp3) is 0.200. The summed E-state index contributed by atoms with van der Waals surface area (Å²) in [6.07, 6.45) is 0. The molecular weight excluding hydrogens is 240 g/mol. The monoisotopic (exact) mass is 258 g/mol. The molecule has 2 aromatic rings. The number of hydrogen-bond acceptors (Lipinski definition) is 4. The maximum atomic E-state index is 5.96. The number of para-hydroxylation sites is 1. The van der Waals surface area contributed by atoms with Gasteiger partial charge in [0.1, 0.15) is 11.5 Å². The summed E-state index contributed by atoms with van der Waals surface area (Å²) in [6.45, 7) is 0.653. The van der Waals surface area contributed by atoms with Gasteiger partial charge in [0, 0.05) is 18.2 Å². The van der Waals surface area contributed by atoms with Crippen LogP contribution in [0.25, 0.3) is 0 Å². The third-order valence-electron chi connectivity index (χ3n) is 2.92. The molecule has 0 bridgehead atoms. The van der Waals surface area contributed by atoms with Crippen LogP contribution in [0.4, 0.5) is 11.4 Å². The standard InChI is InChI=1S/C15H18N2O2/c1-18-12-7-8-14(13(16)9-12)17-10-11-5-3-4-6-15(11)19-2/h3-9,17H,10,16H2,1-2H3. The molecule has 0 unspecified atom stereocenters. The van der Waals surface area contributed by atoms with Crippen molar-refractivity contribution in [2.24, 2.45) is 0 Å². The van der Waals surface area contributed by atoms with E-state index in [-0.39, 0.29) is 0 Å².